The zero-order valence-electron chi connectivity index (χ0n) is 18.7. The van der Waals surface area contributed by atoms with Gasteiger partial charge in [0.15, 0.2) is 11.2 Å². The van der Waals surface area contributed by atoms with Crippen molar-refractivity contribution in [3.05, 3.63) is 51.4 Å². The first kappa shape index (κ1) is 22.3. The molecular formula is C22H27N7O4. The number of carbonyl (C=O) groups excluding carboxylic acids is 2. The summed E-state index contributed by atoms with van der Waals surface area (Å²) in [6, 6.07) is 6.56. The van der Waals surface area contributed by atoms with Crippen LogP contribution >= 0.6 is 0 Å². The van der Waals surface area contributed by atoms with Crippen molar-refractivity contribution in [2.75, 3.05) is 23.7 Å². The van der Waals surface area contributed by atoms with E-state index < -0.39 is 23.7 Å². The van der Waals surface area contributed by atoms with E-state index in [0.717, 1.165) is 43.3 Å². The van der Waals surface area contributed by atoms with Gasteiger partial charge in [0.05, 0.1) is 6.33 Å². The molecular weight excluding hydrogens is 426 g/mol. The molecule has 4 rings (SSSR count). The number of aromatic nitrogens is 4. The molecule has 11 heteroatoms. The summed E-state index contributed by atoms with van der Waals surface area (Å²) in [6.07, 6.45) is 5.76. The number of anilines is 2. The molecule has 1 saturated heterocycles. The molecule has 0 unspecified atom stereocenters. The number of carbonyl (C=O) groups is 2. The summed E-state index contributed by atoms with van der Waals surface area (Å²) in [6.45, 7) is 1.08. The van der Waals surface area contributed by atoms with Crippen LogP contribution in [-0.2, 0) is 25.4 Å². The van der Waals surface area contributed by atoms with Gasteiger partial charge in [-0.25, -0.2) is 19.1 Å². The first-order valence-electron chi connectivity index (χ1n) is 10.9. The number of likely N-dealkylation sites (tertiary alicyclic amines) is 1. The average Bonchev–Trinajstić information content (AvgIpc) is 2.99. The van der Waals surface area contributed by atoms with Crippen molar-refractivity contribution >= 4 is 34.5 Å². The molecule has 0 aliphatic carbocycles. The molecule has 1 aliphatic rings. The molecule has 3 aromatic rings. The van der Waals surface area contributed by atoms with Gasteiger partial charge in [-0.2, -0.15) is 0 Å². The van der Waals surface area contributed by atoms with E-state index in [1.165, 1.54) is 22.5 Å². The molecule has 11 nitrogen and oxygen atoms in total. The van der Waals surface area contributed by atoms with Crippen molar-refractivity contribution < 1.29 is 9.59 Å². The minimum Gasteiger partial charge on any atom is -0.328 e. The lowest BCUT2D eigenvalue weighted by Crippen LogP contribution is -2.42. The first-order valence-corrected chi connectivity index (χ1v) is 10.9. The maximum atomic E-state index is 12.7. The zero-order chi connectivity index (χ0) is 23.5. The van der Waals surface area contributed by atoms with Crippen molar-refractivity contribution in [2.24, 2.45) is 14.1 Å². The minimum atomic E-state index is -0.618. The second kappa shape index (κ2) is 9.31. The number of urea groups is 1. The lowest BCUT2D eigenvalue weighted by atomic mass is 10.2. The fourth-order valence-corrected chi connectivity index (χ4v) is 3.99. The van der Waals surface area contributed by atoms with E-state index >= 15 is 0 Å². The van der Waals surface area contributed by atoms with Crippen LogP contribution in [0.2, 0.25) is 0 Å². The number of rotatable bonds is 4. The number of hydrogen-bond acceptors (Lipinski definition) is 5. The molecule has 0 radical (unpaired) electrons. The number of nitrogens with one attached hydrogen (secondary N) is 2. The molecule has 1 aliphatic heterocycles. The average molecular weight is 454 g/mol. The number of nitrogens with zero attached hydrogens (tertiary/aromatic N) is 5. The zero-order valence-corrected chi connectivity index (χ0v) is 18.7. The Morgan fingerprint density at radius 1 is 0.939 bits per heavy atom. The summed E-state index contributed by atoms with van der Waals surface area (Å²) in [5, 5.41) is 5.56. The van der Waals surface area contributed by atoms with E-state index in [1.807, 2.05) is 4.90 Å². The normalized spacial score (nSPS) is 14.2. The summed E-state index contributed by atoms with van der Waals surface area (Å²) >= 11 is 0. The van der Waals surface area contributed by atoms with Gasteiger partial charge in [-0.05, 0) is 37.1 Å². The Balaban J connectivity index is 1.42. The number of benzene rings is 1. The van der Waals surface area contributed by atoms with Gasteiger partial charge in [-0.15, -0.1) is 0 Å². The van der Waals surface area contributed by atoms with Gasteiger partial charge in [0.1, 0.15) is 6.54 Å². The van der Waals surface area contributed by atoms with Crippen LogP contribution in [0.1, 0.15) is 25.7 Å². The molecule has 3 heterocycles. The van der Waals surface area contributed by atoms with Gasteiger partial charge in [0.25, 0.3) is 5.56 Å². The molecule has 1 fully saturated rings. The third kappa shape index (κ3) is 4.66. The summed E-state index contributed by atoms with van der Waals surface area (Å²) in [7, 11) is 3.16. The highest BCUT2D eigenvalue weighted by Gasteiger charge is 2.18. The maximum absolute atomic E-state index is 12.7. The van der Waals surface area contributed by atoms with Crippen LogP contribution in [0.3, 0.4) is 0 Å². The molecule has 33 heavy (non-hydrogen) atoms. The predicted molar refractivity (Wildman–Crippen MR) is 124 cm³/mol. The monoisotopic (exact) mass is 453 g/mol. The number of fused-ring (bicyclic) bond motifs is 1. The Morgan fingerprint density at radius 2 is 1.55 bits per heavy atom. The Kier molecular flexibility index (Phi) is 6.29. The molecule has 2 aromatic heterocycles. The third-order valence-corrected chi connectivity index (χ3v) is 5.82. The Labute approximate surface area is 189 Å². The van der Waals surface area contributed by atoms with Crippen LogP contribution in [0.5, 0.6) is 0 Å². The highest BCUT2D eigenvalue weighted by atomic mass is 16.2. The van der Waals surface area contributed by atoms with Crippen LogP contribution < -0.4 is 21.9 Å². The highest BCUT2D eigenvalue weighted by molar-refractivity contribution is 5.92. The molecule has 0 atom stereocenters. The lowest BCUT2D eigenvalue weighted by molar-refractivity contribution is -0.116. The molecule has 174 valence electrons. The number of imidazole rings is 1. The number of amides is 3. The molecule has 3 amide bonds. The SMILES string of the molecule is Cn1cnc2c1c(=O)n(CC(=O)Nc1ccc(NC(=O)N3CCCCCC3)cc1)c(=O)n2C. The fraction of sp³-hybridized carbons (Fsp3) is 0.409. The summed E-state index contributed by atoms with van der Waals surface area (Å²) in [5.41, 5.74) is 0.423. The van der Waals surface area contributed by atoms with E-state index in [4.69, 9.17) is 0 Å². The van der Waals surface area contributed by atoms with E-state index in [-0.39, 0.29) is 17.2 Å². The van der Waals surface area contributed by atoms with Crippen molar-refractivity contribution in [1.29, 1.82) is 0 Å². The Morgan fingerprint density at radius 3 is 2.18 bits per heavy atom. The van der Waals surface area contributed by atoms with Crippen molar-refractivity contribution in [2.45, 2.75) is 32.2 Å². The lowest BCUT2D eigenvalue weighted by Gasteiger charge is -2.20. The van der Waals surface area contributed by atoms with Crippen LogP contribution in [-0.4, -0.2) is 48.6 Å². The van der Waals surface area contributed by atoms with Gasteiger partial charge in [-0.1, -0.05) is 12.8 Å². The topological polar surface area (TPSA) is 123 Å². The number of hydrogen-bond donors (Lipinski definition) is 2. The molecule has 1 aromatic carbocycles. The molecule has 0 bridgehead atoms. The largest absolute Gasteiger partial charge is 0.332 e. The van der Waals surface area contributed by atoms with E-state index in [1.54, 1.807) is 31.3 Å². The van der Waals surface area contributed by atoms with Crippen molar-refractivity contribution in [3.8, 4) is 0 Å². The summed E-state index contributed by atoms with van der Waals surface area (Å²) < 4.78 is 3.64. The maximum Gasteiger partial charge on any atom is 0.332 e. The quantitative estimate of drug-likeness (QED) is 0.619. The second-order valence-electron chi connectivity index (χ2n) is 8.22. The number of aryl methyl sites for hydroxylation is 2. The van der Waals surface area contributed by atoms with Gasteiger partial charge in [0, 0.05) is 38.6 Å². The fourth-order valence-electron chi connectivity index (χ4n) is 3.99. The van der Waals surface area contributed by atoms with Gasteiger partial charge in [-0.3, -0.25) is 14.2 Å². The van der Waals surface area contributed by atoms with Crippen LogP contribution in [0, 0.1) is 0 Å². The molecule has 0 saturated carbocycles. The predicted octanol–water partition coefficient (Wildman–Crippen LogP) is 1.48. The molecule has 2 N–H and O–H groups in total. The van der Waals surface area contributed by atoms with E-state index in [0.29, 0.717) is 11.4 Å². The van der Waals surface area contributed by atoms with Gasteiger partial charge >= 0.3 is 11.7 Å². The third-order valence-electron chi connectivity index (χ3n) is 5.82. The van der Waals surface area contributed by atoms with Crippen LogP contribution in [0.4, 0.5) is 16.2 Å². The van der Waals surface area contributed by atoms with Crippen LogP contribution in [0.25, 0.3) is 11.2 Å². The molecule has 0 spiro atoms. The smallest absolute Gasteiger partial charge is 0.328 e. The van der Waals surface area contributed by atoms with Crippen molar-refractivity contribution in [3.63, 3.8) is 0 Å². The summed E-state index contributed by atoms with van der Waals surface area (Å²) in [5.74, 6) is -0.517. The van der Waals surface area contributed by atoms with Gasteiger partial charge in [0.2, 0.25) is 5.91 Å². The Hall–Kier alpha value is -3.89. The summed E-state index contributed by atoms with van der Waals surface area (Å²) in [4.78, 5) is 56.2. The minimum absolute atomic E-state index is 0.130. The van der Waals surface area contributed by atoms with E-state index in [2.05, 4.69) is 15.6 Å². The first-order chi connectivity index (χ1) is 15.8. The Bertz CT molecular complexity index is 1300. The van der Waals surface area contributed by atoms with Gasteiger partial charge < -0.3 is 20.1 Å². The van der Waals surface area contributed by atoms with E-state index in [9.17, 15) is 19.2 Å². The van der Waals surface area contributed by atoms with Crippen molar-refractivity contribution in [1.82, 2.24) is 23.6 Å². The second-order valence-corrected chi connectivity index (χ2v) is 8.22. The van der Waals surface area contributed by atoms with Crippen LogP contribution in [0.15, 0.2) is 40.2 Å². The standard InChI is InChI=1S/C22H27N7O4/c1-26-14-23-19-18(26)20(31)29(22(33)27(19)2)13-17(30)24-15-7-9-16(10-8-15)25-21(32)28-11-5-3-4-6-12-28/h7-10,14H,3-6,11-13H2,1-2H3,(H,24,30)(H,25,32). The highest BCUT2D eigenvalue weighted by Crippen LogP contribution is 2.16.